The highest BCUT2D eigenvalue weighted by molar-refractivity contribution is 5.89. The average molecular weight is 461 g/mol. The fourth-order valence-corrected chi connectivity index (χ4v) is 5.97. The van der Waals surface area contributed by atoms with E-state index in [9.17, 15) is 15.8 Å². The van der Waals surface area contributed by atoms with Crippen molar-refractivity contribution in [3.05, 3.63) is 29.8 Å². The molecule has 2 heterocycles. The lowest BCUT2D eigenvalue weighted by Gasteiger charge is -2.50. The largest absolute Gasteiger partial charge is 0.494 e. The van der Waals surface area contributed by atoms with Crippen LogP contribution in [0.1, 0.15) is 82.8 Å². The summed E-state index contributed by atoms with van der Waals surface area (Å²) in [7, 11) is 0. The van der Waals surface area contributed by atoms with Gasteiger partial charge in [0.25, 0.3) is 0 Å². The van der Waals surface area contributed by atoms with Crippen molar-refractivity contribution < 1.29 is 14.2 Å². The Morgan fingerprint density at radius 1 is 1.00 bits per heavy atom. The van der Waals surface area contributed by atoms with E-state index in [4.69, 9.17) is 19.6 Å². The molecule has 0 spiro atoms. The van der Waals surface area contributed by atoms with Crippen molar-refractivity contribution >= 4 is 5.90 Å². The first-order valence-corrected chi connectivity index (χ1v) is 12.5. The van der Waals surface area contributed by atoms with Crippen LogP contribution in [0.15, 0.2) is 24.3 Å². The standard InChI is InChI=1S/C27H32N4O3/c1-2-3-4-9-16-32-21-13-11-20(12-14-21)23-25(17-28,18-29)26(19-30)22-10-7-5-6-8-15-27(22,33-23)34-24(26)31/h11-14,22-23,31H,2-10,15-16H2,1H3. The molecule has 1 N–H and O–H groups in total. The number of rotatable bonds is 7. The van der Waals surface area contributed by atoms with E-state index in [1.54, 1.807) is 12.1 Å². The number of nitrogens with zero attached hydrogens (tertiary/aromatic N) is 3. The Morgan fingerprint density at radius 2 is 1.74 bits per heavy atom. The highest BCUT2D eigenvalue weighted by atomic mass is 16.7. The van der Waals surface area contributed by atoms with Gasteiger partial charge in [-0.3, -0.25) is 5.41 Å². The van der Waals surface area contributed by atoms with Crippen molar-refractivity contribution in [2.24, 2.45) is 16.7 Å². The van der Waals surface area contributed by atoms with Crippen LogP contribution in [0.4, 0.5) is 0 Å². The molecule has 2 aliphatic heterocycles. The average Bonchev–Trinajstić information content (AvgIpc) is 3.01. The second-order valence-electron chi connectivity index (χ2n) is 9.68. The lowest BCUT2D eigenvalue weighted by molar-refractivity contribution is -0.289. The maximum atomic E-state index is 10.5. The highest BCUT2D eigenvalue weighted by Crippen LogP contribution is 2.68. The van der Waals surface area contributed by atoms with Gasteiger partial charge in [-0.15, -0.1) is 0 Å². The lowest BCUT2D eigenvalue weighted by atomic mass is 9.52. The van der Waals surface area contributed by atoms with Gasteiger partial charge in [-0.05, 0) is 37.0 Å². The molecular formula is C27H32N4O3. The second-order valence-corrected chi connectivity index (χ2v) is 9.68. The molecule has 3 fully saturated rings. The summed E-state index contributed by atoms with van der Waals surface area (Å²) in [4.78, 5) is 0. The molecule has 1 aromatic rings. The lowest BCUT2D eigenvalue weighted by Crippen LogP contribution is -2.59. The molecular weight excluding hydrogens is 428 g/mol. The summed E-state index contributed by atoms with van der Waals surface area (Å²) in [5.41, 5.74) is -2.96. The third kappa shape index (κ3) is 3.53. The van der Waals surface area contributed by atoms with Gasteiger partial charge in [-0.25, -0.2) is 0 Å². The molecule has 7 nitrogen and oxygen atoms in total. The van der Waals surface area contributed by atoms with Crippen LogP contribution < -0.4 is 4.74 Å². The van der Waals surface area contributed by atoms with E-state index in [-0.39, 0.29) is 5.90 Å². The van der Waals surface area contributed by atoms with E-state index in [1.165, 1.54) is 12.8 Å². The highest BCUT2D eigenvalue weighted by Gasteiger charge is 2.79. The Kier molecular flexibility index (Phi) is 6.83. The van der Waals surface area contributed by atoms with E-state index in [1.807, 2.05) is 12.1 Å². The van der Waals surface area contributed by atoms with Crippen LogP contribution in [-0.2, 0) is 9.47 Å². The molecule has 7 heteroatoms. The van der Waals surface area contributed by atoms with Crippen LogP contribution in [0.2, 0.25) is 0 Å². The van der Waals surface area contributed by atoms with Gasteiger partial charge >= 0.3 is 0 Å². The van der Waals surface area contributed by atoms with E-state index < -0.39 is 28.6 Å². The maximum absolute atomic E-state index is 10.5. The van der Waals surface area contributed by atoms with Gasteiger partial charge in [-0.1, -0.05) is 57.6 Å². The summed E-state index contributed by atoms with van der Waals surface area (Å²) in [6.07, 6.45) is 8.29. The topological polar surface area (TPSA) is 123 Å². The Bertz CT molecular complexity index is 1020. The molecule has 4 atom stereocenters. The van der Waals surface area contributed by atoms with Crippen molar-refractivity contribution in [2.75, 3.05) is 6.61 Å². The summed E-state index contributed by atoms with van der Waals surface area (Å²) < 4.78 is 18.4. The quantitative estimate of drug-likeness (QED) is 0.503. The van der Waals surface area contributed by atoms with Gasteiger partial charge < -0.3 is 14.2 Å². The Hall–Kier alpha value is -3.08. The number of nitrogens with one attached hydrogen (secondary N) is 1. The molecule has 0 radical (unpaired) electrons. The summed E-state index contributed by atoms with van der Waals surface area (Å²) in [5.74, 6) is -1.29. The third-order valence-corrected chi connectivity index (χ3v) is 7.77. The number of unbranched alkanes of at least 4 members (excludes halogenated alkanes) is 3. The first-order chi connectivity index (χ1) is 16.5. The monoisotopic (exact) mass is 460 g/mol. The van der Waals surface area contributed by atoms with Crippen LogP contribution in [0.25, 0.3) is 0 Å². The molecule has 178 valence electrons. The van der Waals surface area contributed by atoms with Gasteiger partial charge in [0, 0.05) is 6.42 Å². The van der Waals surface area contributed by atoms with Gasteiger partial charge in [0.05, 0.1) is 30.7 Å². The zero-order valence-electron chi connectivity index (χ0n) is 19.8. The molecule has 0 amide bonds. The third-order valence-electron chi connectivity index (χ3n) is 7.77. The molecule has 1 saturated carbocycles. The van der Waals surface area contributed by atoms with Gasteiger partial charge in [0.1, 0.15) is 11.9 Å². The van der Waals surface area contributed by atoms with Crippen molar-refractivity contribution in [1.82, 2.24) is 0 Å². The smallest absolute Gasteiger partial charge is 0.217 e. The predicted molar refractivity (Wildman–Crippen MR) is 124 cm³/mol. The number of hydrogen-bond donors (Lipinski definition) is 1. The predicted octanol–water partition coefficient (Wildman–Crippen LogP) is 5.93. The Labute approximate surface area is 201 Å². The molecule has 4 unspecified atom stereocenters. The molecule has 2 saturated heterocycles. The summed E-state index contributed by atoms with van der Waals surface area (Å²) in [5, 5.41) is 39.9. The van der Waals surface area contributed by atoms with Crippen LogP contribution in [0.5, 0.6) is 5.75 Å². The first-order valence-electron chi connectivity index (χ1n) is 12.5. The minimum absolute atomic E-state index is 0.306. The zero-order valence-corrected chi connectivity index (χ0v) is 19.8. The van der Waals surface area contributed by atoms with E-state index in [0.717, 1.165) is 38.5 Å². The van der Waals surface area contributed by atoms with Crippen LogP contribution >= 0.6 is 0 Å². The van der Waals surface area contributed by atoms with Gasteiger partial charge in [0.15, 0.2) is 5.41 Å². The zero-order chi connectivity index (χ0) is 24.2. The first kappa shape index (κ1) is 24.1. The summed E-state index contributed by atoms with van der Waals surface area (Å²) in [6, 6.07) is 13.7. The van der Waals surface area contributed by atoms with E-state index in [2.05, 4.69) is 25.1 Å². The van der Waals surface area contributed by atoms with Crippen molar-refractivity contribution in [2.45, 2.75) is 83.0 Å². The minimum atomic E-state index is -1.90. The number of hydrogen-bond acceptors (Lipinski definition) is 7. The van der Waals surface area contributed by atoms with E-state index >= 15 is 0 Å². The van der Waals surface area contributed by atoms with Crippen LogP contribution in [0.3, 0.4) is 0 Å². The number of benzene rings is 1. The van der Waals surface area contributed by atoms with E-state index in [0.29, 0.717) is 30.8 Å². The number of nitriles is 3. The maximum Gasteiger partial charge on any atom is 0.217 e. The number of ether oxygens (including phenoxy) is 3. The van der Waals surface area contributed by atoms with Crippen LogP contribution in [0, 0.1) is 56.2 Å². The van der Waals surface area contributed by atoms with Crippen molar-refractivity contribution in [1.29, 1.82) is 21.2 Å². The van der Waals surface area contributed by atoms with Crippen molar-refractivity contribution in [3.63, 3.8) is 0 Å². The molecule has 0 aromatic heterocycles. The van der Waals surface area contributed by atoms with Gasteiger partial charge in [-0.2, -0.15) is 15.8 Å². The second kappa shape index (κ2) is 9.65. The summed E-state index contributed by atoms with van der Waals surface area (Å²) in [6.45, 7) is 2.80. The Balaban J connectivity index is 1.70. The molecule has 34 heavy (non-hydrogen) atoms. The molecule has 4 rings (SSSR count). The fourth-order valence-electron chi connectivity index (χ4n) is 5.97. The minimum Gasteiger partial charge on any atom is -0.494 e. The fraction of sp³-hybridized carbons (Fsp3) is 0.630. The van der Waals surface area contributed by atoms with Gasteiger partial charge in [0.2, 0.25) is 17.1 Å². The molecule has 3 aliphatic rings. The molecule has 1 aliphatic carbocycles. The molecule has 1 aromatic carbocycles. The molecule has 2 bridgehead atoms. The SMILES string of the molecule is CCCCCCOc1ccc(C2OC34CCCCCCC3C(C#N)(C(=N)O4)C2(C#N)C#N)cc1. The summed E-state index contributed by atoms with van der Waals surface area (Å²) >= 11 is 0. The van der Waals surface area contributed by atoms with Crippen LogP contribution in [-0.4, -0.2) is 18.3 Å². The normalized spacial score (nSPS) is 31.5. The van der Waals surface area contributed by atoms with Crippen molar-refractivity contribution in [3.8, 4) is 24.0 Å². The Morgan fingerprint density at radius 3 is 2.41 bits per heavy atom.